The van der Waals surface area contributed by atoms with Gasteiger partial charge in [0.2, 0.25) is 0 Å². The highest BCUT2D eigenvalue weighted by atomic mass is 32.2. The van der Waals surface area contributed by atoms with E-state index < -0.39 is 0 Å². The highest BCUT2D eigenvalue weighted by Gasteiger charge is 2.03. The third-order valence-corrected chi connectivity index (χ3v) is 2.17. The first kappa shape index (κ1) is 11.2. The molecule has 0 aliphatic rings. The van der Waals surface area contributed by atoms with Crippen LogP contribution in [-0.4, -0.2) is 45.7 Å². The average molecular weight is 180 g/mol. The molecule has 3 nitrogen and oxygen atoms in total. The molecule has 0 radical (unpaired) electrons. The van der Waals surface area contributed by atoms with Crippen molar-refractivity contribution in [2.45, 2.75) is 6.29 Å². The number of hydrogen-bond acceptors (Lipinski definition) is 4. The van der Waals surface area contributed by atoms with E-state index in [9.17, 15) is 0 Å². The molecule has 0 heterocycles. The molecule has 0 N–H and O–H groups in total. The van der Waals surface area contributed by atoms with Crippen molar-refractivity contribution in [3.63, 3.8) is 0 Å². The van der Waals surface area contributed by atoms with Crippen LogP contribution in [0.4, 0.5) is 0 Å². The first-order valence-corrected chi connectivity index (χ1v) is 4.63. The zero-order chi connectivity index (χ0) is 8.53. The van der Waals surface area contributed by atoms with Gasteiger partial charge in [0.15, 0.2) is 6.29 Å². The Morgan fingerprint density at radius 1 is 1.18 bits per heavy atom. The summed E-state index contributed by atoms with van der Waals surface area (Å²) >= 11 is 1.76. The van der Waals surface area contributed by atoms with E-state index in [0.29, 0.717) is 0 Å². The van der Waals surface area contributed by atoms with Crippen LogP contribution in [-0.2, 0) is 14.2 Å². The molecule has 0 spiro atoms. The molecule has 0 bridgehead atoms. The maximum absolute atomic E-state index is 5.00. The zero-order valence-electron chi connectivity index (χ0n) is 7.33. The highest BCUT2D eigenvalue weighted by Crippen LogP contribution is 2.04. The Kier molecular flexibility index (Phi) is 8.50. The van der Waals surface area contributed by atoms with Crippen LogP contribution in [0.3, 0.4) is 0 Å². The molecule has 0 aromatic rings. The van der Waals surface area contributed by atoms with E-state index in [-0.39, 0.29) is 6.29 Å². The molecule has 11 heavy (non-hydrogen) atoms. The van der Waals surface area contributed by atoms with Gasteiger partial charge in [-0.1, -0.05) is 0 Å². The molecule has 0 aliphatic carbocycles. The van der Waals surface area contributed by atoms with Gasteiger partial charge in [0.05, 0.1) is 6.61 Å². The number of rotatable bonds is 7. The summed E-state index contributed by atoms with van der Waals surface area (Å²) < 4.78 is 14.9. The van der Waals surface area contributed by atoms with E-state index in [0.717, 1.165) is 18.1 Å². The van der Waals surface area contributed by atoms with Crippen LogP contribution in [0.5, 0.6) is 0 Å². The zero-order valence-corrected chi connectivity index (χ0v) is 8.15. The smallest absolute Gasteiger partial charge is 0.165 e. The second-order valence-corrected chi connectivity index (χ2v) is 3.12. The molecule has 0 atom stereocenters. The van der Waals surface area contributed by atoms with Crippen molar-refractivity contribution in [3.05, 3.63) is 0 Å². The van der Waals surface area contributed by atoms with Gasteiger partial charge in [-0.25, -0.2) is 0 Å². The van der Waals surface area contributed by atoms with Crippen LogP contribution < -0.4 is 0 Å². The summed E-state index contributed by atoms with van der Waals surface area (Å²) in [7, 11) is 4.99. The second-order valence-electron chi connectivity index (χ2n) is 1.97. The first-order valence-electron chi connectivity index (χ1n) is 3.47. The van der Waals surface area contributed by atoms with E-state index >= 15 is 0 Å². The predicted octanol–water partition coefficient (Wildman–Crippen LogP) is 0.985. The lowest BCUT2D eigenvalue weighted by Gasteiger charge is -2.11. The third-order valence-electron chi connectivity index (χ3n) is 1.21. The summed E-state index contributed by atoms with van der Waals surface area (Å²) in [6.45, 7) is 0.783. The van der Waals surface area contributed by atoms with Crippen molar-refractivity contribution in [1.82, 2.24) is 0 Å². The molecule has 0 fully saturated rings. The van der Waals surface area contributed by atoms with Crippen molar-refractivity contribution in [2.24, 2.45) is 0 Å². The van der Waals surface area contributed by atoms with E-state index in [1.54, 1.807) is 33.1 Å². The first-order chi connectivity index (χ1) is 5.35. The normalized spacial score (nSPS) is 10.9. The minimum absolute atomic E-state index is 0.0862. The van der Waals surface area contributed by atoms with Gasteiger partial charge >= 0.3 is 0 Å². The van der Waals surface area contributed by atoms with Crippen LogP contribution >= 0.6 is 11.8 Å². The SMILES string of the molecule is COCCSCC(OC)OC. The fourth-order valence-electron chi connectivity index (χ4n) is 0.554. The fraction of sp³-hybridized carbons (Fsp3) is 1.00. The Bertz CT molecular complexity index is 76.1. The molecule has 0 aromatic carbocycles. The Morgan fingerprint density at radius 2 is 1.82 bits per heavy atom. The molecule has 0 saturated heterocycles. The van der Waals surface area contributed by atoms with Gasteiger partial charge in [-0.15, -0.1) is 0 Å². The quantitative estimate of drug-likeness (QED) is 0.431. The van der Waals surface area contributed by atoms with E-state index in [2.05, 4.69) is 0 Å². The van der Waals surface area contributed by atoms with Gasteiger partial charge in [0.25, 0.3) is 0 Å². The molecule has 0 rings (SSSR count). The monoisotopic (exact) mass is 180 g/mol. The Morgan fingerprint density at radius 3 is 2.27 bits per heavy atom. The van der Waals surface area contributed by atoms with Gasteiger partial charge in [-0.05, 0) is 0 Å². The lowest BCUT2D eigenvalue weighted by Crippen LogP contribution is -2.16. The Labute approximate surface area is 72.4 Å². The molecule has 68 valence electrons. The molecular formula is C7H16O3S. The lowest BCUT2D eigenvalue weighted by molar-refractivity contribution is -0.0842. The topological polar surface area (TPSA) is 27.7 Å². The van der Waals surface area contributed by atoms with E-state index in [1.165, 1.54) is 0 Å². The standard InChI is InChI=1S/C7H16O3S/c1-8-4-5-11-6-7(9-2)10-3/h7H,4-6H2,1-3H3. The third kappa shape index (κ3) is 6.62. The summed E-state index contributed by atoms with van der Waals surface area (Å²) in [5.41, 5.74) is 0. The van der Waals surface area contributed by atoms with Gasteiger partial charge < -0.3 is 14.2 Å². The molecule has 0 unspecified atom stereocenters. The van der Waals surface area contributed by atoms with Gasteiger partial charge in [0, 0.05) is 32.8 Å². The van der Waals surface area contributed by atoms with Crippen molar-refractivity contribution >= 4 is 11.8 Å². The highest BCUT2D eigenvalue weighted by molar-refractivity contribution is 7.99. The lowest BCUT2D eigenvalue weighted by atomic mass is 10.7. The van der Waals surface area contributed by atoms with Crippen LogP contribution in [0, 0.1) is 0 Å². The van der Waals surface area contributed by atoms with Crippen LogP contribution in [0.15, 0.2) is 0 Å². The summed E-state index contributed by atoms with van der Waals surface area (Å²) in [4.78, 5) is 0. The minimum atomic E-state index is -0.0862. The molecule has 0 saturated carbocycles. The maximum Gasteiger partial charge on any atom is 0.165 e. The summed E-state index contributed by atoms with van der Waals surface area (Å²) in [6, 6.07) is 0. The largest absolute Gasteiger partial charge is 0.384 e. The Balaban J connectivity index is 3.07. The average Bonchev–Trinajstić information content (AvgIpc) is 2.05. The number of hydrogen-bond donors (Lipinski definition) is 0. The predicted molar refractivity (Wildman–Crippen MR) is 47.0 cm³/mol. The minimum Gasteiger partial charge on any atom is -0.384 e. The van der Waals surface area contributed by atoms with Gasteiger partial charge in [-0.2, -0.15) is 11.8 Å². The van der Waals surface area contributed by atoms with E-state index in [4.69, 9.17) is 14.2 Å². The van der Waals surface area contributed by atoms with E-state index in [1.807, 2.05) is 0 Å². The van der Waals surface area contributed by atoms with Gasteiger partial charge in [-0.3, -0.25) is 0 Å². The molecular weight excluding hydrogens is 164 g/mol. The molecule has 0 aromatic heterocycles. The van der Waals surface area contributed by atoms with Crippen molar-refractivity contribution in [3.8, 4) is 0 Å². The van der Waals surface area contributed by atoms with Crippen molar-refractivity contribution in [1.29, 1.82) is 0 Å². The Hall–Kier alpha value is 0.230. The second kappa shape index (κ2) is 8.33. The summed E-state index contributed by atoms with van der Waals surface area (Å²) in [5, 5.41) is 0. The summed E-state index contributed by atoms with van der Waals surface area (Å²) in [6.07, 6.45) is -0.0862. The van der Waals surface area contributed by atoms with Crippen molar-refractivity contribution < 1.29 is 14.2 Å². The molecule has 0 amide bonds. The van der Waals surface area contributed by atoms with Crippen LogP contribution in [0.25, 0.3) is 0 Å². The van der Waals surface area contributed by atoms with Gasteiger partial charge in [0.1, 0.15) is 0 Å². The molecule has 0 aliphatic heterocycles. The summed E-state index contributed by atoms with van der Waals surface area (Å²) in [5.74, 6) is 1.84. The van der Waals surface area contributed by atoms with Crippen LogP contribution in [0.2, 0.25) is 0 Å². The number of ether oxygens (including phenoxy) is 3. The maximum atomic E-state index is 5.00. The number of thioether (sulfide) groups is 1. The van der Waals surface area contributed by atoms with Crippen molar-refractivity contribution in [2.75, 3.05) is 39.4 Å². The fourth-order valence-corrected chi connectivity index (χ4v) is 1.47. The number of methoxy groups -OCH3 is 3. The molecule has 4 heteroatoms. The van der Waals surface area contributed by atoms with Crippen LogP contribution in [0.1, 0.15) is 0 Å².